The minimum Gasteiger partial charge on any atom is -0.399 e. The lowest BCUT2D eigenvalue weighted by Crippen LogP contribution is -2.23. The van der Waals surface area contributed by atoms with E-state index in [4.69, 9.17) is 21.7 Å². The summed E-state index contributed by atoms with van der Waals surface area (Å²) < 4.78 is 53.5. The predicted octanol–water partition coefficient (Wildman–Crippen LogP) is 3.85. The Balaban J connectivity index is 0.000000628. The molecule has 0 aliphatic rings. The minimum absolute atomic E-state index is 0.259. The van der Waals surface area contributed by atoms with Crippen molar-refractivity contribution in [2.75, 3.05) is 13.2 Å². The first-order valence-corrected chi connectivity index (χ1v) is 9.26. The van der Waals surface area contributed by atoms with Crippen LogP contribution in [0.4, 0.5) is 17.6 Å². The van der Waals surface area contributed by atoms with Crippen LogP contribution in [0.5, 0.6) is 0 Å². The van der Waals surface area contributed by atoms with Gasteiger partial charge in [0.05, 0.1) is 12.2 Å². The van der Waals surface area contributed by atoms with Gasteiger partial charge in [0.25, 0.3) is 0 Å². The van der Waals surface area contributed by atoms with Gasteiger partial charge < -0.3 is 16.2 Å². The fourth-order valence-electron chi connectivity index (χ4n) is 1.90. The quantitative estimate of drug-likeness (QED) is 0.245. The largest absolute Gasteiger partial charge is 0.399 e. The number of benzene rings is 2. The summed E-state index contributed by atoms with van der Waals surface area (Å²) in [6.45, 7) is 5.03. The van der Waals surface area contributed by atoms with Gasteiger partial charge in [-0.05, 0) is 48.5 Å². The number of hydrogen-bond donors (Lipinski definition) is 5. The van der Waals surface area contributed by atoms with Gasteiger partial charge in [0.15, 0.2) is 0 Å². The van der Waals surface area contributed by atoms with Crippen molar-refractivity contribution in [1.29, 1.82) is 10.8 Å². The maximum absolute atomic E-state index is 13.3. The zero-order valence-electron chi connectivity index (χ0n) is 16.3. The standard InChI is InChI=1S/C11H11F3N2O2S.C8H8FN.CH3N/c12-6(5-17)4-16-19-11(18)7-2-1-3-8(13)9(7)10(14)15;1-6(10)7-2-4-8(9)5-3-7;1-2/h1-3,6,15-17H,4-5H2;2-5H,1,10H2;2H,1H2. The Morgan fingerprint density at radius 1 is 1.19 bits per heavy atom. The number of aliphatic hydroxyl groups is 1. The van der Waals surface area contributed by atoms with Crippen LogP contribution in [-0.2, 0) is 0 Å². The van der Waals surface area contributed by atoms with Gasteiger partial charge in [0, 0.05) is 17.8 Å². The van der Waals surface area contributed by atoms with Gasteiger partial charge in [-0.1, -0.05) is 24.8 Å². The Bertz CT molecular complexity index is 882. The van der Waals surface area contributed by atoms with Crippen molar-refractivity contribution < 1.29 is 27.5 Å². The molecular weight excluding hydrogens is 436 g/mol. The summed E-state index contributed by atoms with van der Waals surface area (Å²) in [5, 5.41) is 20.0. The van der Waals surface area contributed by atoms with Gasteiger partial charge >= 0.3 is 0 Å². The summed E-state index contributed by atoms with van der Waals surface area (Å²) >= 11 is 0.443. The molecular formula is C20H22F4N4O2S. The molecule has 6 nitrogen and oxygen atoms in total. The molecule has 0 radical (unpaired) electrons. The van der Waals surface area contributed by atoms with Gasteiger partial charge in [-0.15, -0.1) is 0 Å². The van der Waals surface area contributed by atoms with E-state index in [0.29, 0.717) is 17.6 Å². The van der Waals surface area contributed by atoms with Crippen LogP contribution >= 0.6 is 11.9 Å². The van der Waals surface area contributed by atoms with E-state index in [0.717, 1.165) is 11.6 Å². The molecule has 0 aliphatic heterocycles. The van der Waals surface area contributed by atoms with Crippen molar-refractivity contribution in [3.05, 3.63) is 77.4 Å². The van der Waals surface area contributed by atoms with Crippen LogP contribution < -0.4 is 10.5 Å². The zero-order valence-corrected chi connectivity index (χ0v) is 17.1. The molecule has 1 unspecified atom stereocenters. The molecule has 2 aromatic carbocycles. The molecule has 0 fully saturated rings. The minimum atomic E-state index is -1.55. The van der Waals surface area contributed by atoms with Crippen LogP contribution in [0, 0.1) is 22.5 Å². The zero-order chi connectivity index (χ0) is 24.0. The van der Waals surface area contributed by atoms with E-state index in [-0.39, 0.29) is 17.9 Å². The lowest BCUT2D eigenvalue weighted by molar-refractivity contribution is 0.108. The topological polar surface area (TPSA) is 123 Å². The predicted molar refractivity (Wildman–Crippen MR) is 116 cm³/mol. The third kappa shape index (κ3) is 10.0. The summed E-state index contributed by atoms with van der Waals surface area (Å²) in [7, 11) is 0. The number of rotatable bonds is 7. The highest BCUT2D eigenvalue weighted by atomic mass is 32.2. The third-order valence-electron chi connectivity index (χ3n) is 3.34. The first kappa shape index (κ1) is 28.0. The highest BCUT2D eigenvalue weighted by Gasteiger charge is 2.19. The van der Waals surface area contributed by atoms with Crippen LogP contribution in [0.15, 0.2) is 49.0 Å². The van der Waals surface area contributed by atoms with E-state index in [1.807, 2.05) is 0 Å². The molecule has 0 heterocycles. The van der Waals surface area contributed by atoms with Gasteiger partial charge in [0.2, 0.25) is 11.1 Å². The molecule has 0 aliphatic carbocycles. The first-order valence-electron chi connectivity index (χ1n) is 8.44. The average Bonchev–Trinajstić information content (AvgIpc) is 2.75. The van der Waals surface area contributed by atoms with Gasteiger partial charge in [0.1, 0.15) is 17.8 Å². The van der Waals surface area contributed by atoms with E-state index < -0.39 is 35.2 Å². The molecule has 0 amide bonds. The number of aliphatic hydroxyl groups excluding tert-OH is 1. The summed E-state index contributed by atoms with van der Waals surface area (Å²) in [5.41, 5.74) is 5.53. The number of carbonyl (C=O) groups is 1. The maximum Gasteiger partial charge on any atom is 0.235 e. The molecule has 6 N–H and O–H groups in total. The summed E-state index contributed by atoms with van der Waals surface area (Å²) in [6.07, 6.45) is -1.54. The van der Waals surface area contributed by atoms with Crippen LogP contribution in [-0.4, -0.2) is 42.2 Å². The fourth-order valence-corrected chi connectivity index (χ4v) is 2.57. The average molecular weight is 458 g/mol. The Kier molecular flexibility index (Phi) is 13.4. The fraction of sp³-hybridized carbons (Fsp3) is 0.150. The van der Waals surface area contributed by atoms with Crippen LogP contribution in [0.1, 0.15) is 21.5 Å². The molecule has 1 atom stereocenters. The maximum atomic E-state index is 13.3. The second kappa shape index (κ2) is 14.9. The molecule has 2 rings (SSSR count). The Morgan fingerprint density at radius 3 is 2.26 bits per heavy atom. The van der Waals surface area contributed by atoms with Crippen molar-refractivity contribution in [3.8, 4) is 0 Å². The number of hydrogen-bond acceptors (Lipinski definition) is 7. The molecule has 0 saturated carbocycles. The van der Waals surface area contributed by atoms with E-state index >= 15 is 0 Å². The summed E-state index contributed by atoms with van der Waals surface area (Å²) in [4.78, 5) is 11.7. The molecule has 0 spiro atoms. The number of alkyl halides is 1. The number of nitrogens with one attached hydrogen (secondary N) is 3. The lowest BCUT2D eigenvalue weighted by Gasteiger charge is -2.08. The lowest BCUT2D eigenvalue weighted by atomic mass is 10.1. The molecule has 0 saturated heterocycles. The van der Waals surface area contributed by atoms with Crippen LogP contribution in [0.3, 0.4) is 0 Å². The van der Waals surface area contributed by atoms with Crippen LogP contribution in [0.2, 0.25) is 0 Å². The Labute approximate surface area is 181 Å². The van der Waals surface area contributed by atoms with Crippen molar-refractivity contribution in [2.24, 2.45) is 5.73 Å². The summed E-state index contributed by atoms with van der Waals surface area (Å²) in [6, 6.07) is 9.21. The molecule has 11 heteroatoms. The van der Waals surface area contributed by atoms with Gasteiger partial charge in [-0.3, -0.25) is 14.9 Å². The highest BCUT2D eigenvalue weighted by molar-refractivity contribution is 8.12. The Hall–Kier alpha value is -3.02. The SMILES string of the molecule is C=C(N)c1ccc(F)cc1.C=N.N=C(F)c1c(F)cccc1C(=O)SNCC(F)CO. The number of halogens is 4. The summed E-state index contributed by atoms with van der Waals surface area (Å²) in [5.74, 6) is -2.83. The van der Waals surface area contributed by atoms with Crippen molar-refractivity contribution in [1.82, 2.24) is 4.72 Å². The smallest absolute Gasteiger partial charge is 0.235 e. The molecule has 2 aromatic rings. The van der Waals surface area contributed by atoms with Crippen molar-refractivity contribution in [3.63, 3.8) is 0 Å². The number of carbonyl (C=O) groups excluding carboxylic acids is 1. The van der Waals surface area contributed by atoms with Gasteiger partial charge in [-0.25, -0.2) is 13.2 Å². The third-order valence-corrected chi connectivity index (χ3v) is 4.05. The molecule has 168 valence electrons. The van der Waals surface area contributed by atoms with E-state index in [1.54, 1.807) is 12.1 Å². The van der Waals surface area contributed by atoms with E-state index in [1.165, 1.54) is 24.3 Å². The van der Waals surface area contributed by atoms with E-state index in [2.05, 4.69) is 18.0 Å². The molecule has 31 heavy (non-hydrogen) atoms. The second-order valence-corrected chi connectivity index (χ2v) is 6.39. The molecule has 0 bridgehead atoms. The first-order chi connectivity index (χ1) is 14.7. The second-order valence-electron chi connectivity index (χ2n) is 5.53. The van der Waals surface area contributed by atoms with Crippen LogP contribution in [0.25, 0.3) is 5.70 Å². The normalized spacial score (nSPS) is 10.6. The number of nitrogens with two attached hydrogens (primary N) is 1. The van der Waals surface area contributed by atoms with Crippen molar-refractivity contribution >= 4 is 35.4 Å². The Morgan fingerprint density at radius 2 is 1.77 bits per heavy atom. The van der Waals surface area contributed by atoms with E-state index in [9.17, 15) is 22.4 Å². The highest BCUT2D eigenvalue weighted by Crippen LogP contribution is 2.19. The molecule has 0 aromatic heterocycles. The monoisotopic (exact) mass is 458 g/mol. The van der Waals surface area contributed by atoms with Gasteiger partial charge in [-0.2, -0.15) is 4.39 Å². The van der Waals surface area contributed by atoms with Crippen molar-refractivity contribution in [2.45, 2.75) is 6.17 Å².